The van der Waals surface area contributed by atoms with Crippen molar-refractivity contribution in [1.82, 2.24) is 0 Å². The second kappa shape index (κ2) is 6.24. The van der Waals surface area contributed by atoms with E-state index in [-0.39, 0.29) is 22.7 Å². The van der Waals surface area contributed by atoms with Crippen LogP contribution in [-0.2, 0) is 0 Å². The fourth-order valence-electron chi connectivity index (χ4n) is 3.07. The number of hydrogen-bond donors (Lipinski definition) is 1. The summed E-state index contributed by atoms with van der Waals surface area (Å²) in [6, 6.07) is 18.0. The molecule has 1 N–H and O–H groups in total. The van der Waals surface area contributed by atoms with E-state index in [1.54, 1.807) is 60.7 Å². The molecule has 3 aromatic rings. The molecule has 0 fully saturated rings. The van der Waals surface area contributed by atoms with E-state index in [1.165, 1.54) is 6.07 Å². The van der Waals surface area contributed by atoms with Crippen LogP contribution in [0.25, 0.3) is 0 Å². The second-order valence-electron chi connectivity index (χ2n) is 5.90. The second-order valence-corrected chi connectivity index (χ2v) is 6.33. The fourth-order valence-corrected chi connectivity index (χ4v) is 3.26. The molecule has 0 atom stereocenters. The summed E-state index contributed by atoms with van der Waals surface area (Å²) < 4.78 is 0. The number of nitrogens with one attached hydrogen (secondary N) is 1. The Labute approximate surface area is 154 Å². The lowest BCUT2D eigenvalue weighted by atomic mass is 9.83. The predicted molar refractivity (Wildman–Crippen MR) is 99.2 cm³/mol. The minimum Gasteiger partial charge on any atom is -0.321 e. The van der Waals surface area contributed by atoms with E-state index in [0.717, 1.165) is 0 Å². The van der Waals surface area contributed by atoms with Crippen molar-refractivity contribution in [2.24, 2.45) is 0 Å². The number of benzene rings is 3. The van der Waals surface area contributed by atoms with Gasteiger partial charge in [0.05, 0.1) is 11.3 Å². The van der Waals surface area contributed by atoms with Gasteiger partial charge >= 0.3 is 0 Å². The van der Waals surface area contributed by atoms with Gasteiger partial charge in [0.25, 0.3) is 5.91 Å². The highest BCUT2D eigenvalue weighted by molar-refractivity contribution is 6.32. The Kier molecular flexibility index (Phi) is 3.90. The first-order valence-electron chi connectivity index (χ1n) is 7.94. The molecular weight excluding hydrogens is 350 g/mol. The Morgan fingerprint density at radius 2 is 1.42 bits per heavy atom. The Balaban J connectivity index is 1.78. The van der Waals surface area contributed by atoms with Gasteiger partial charge in [-0.25, -0.2) is 0 Å². The van der Waals surface area contributed by atoms with E-state index < -0.39 is 5.91 Å². The number of carbonyl (C=O) groups is 3. The molecular formula is C21H12ClNO3. The zero-order valence-corrected chi connectivity index (χ0v) is 14.2. The third-order valence-corrected chi connectivity index (χ3v) is 4.52. The SMILES string of the molecule is O=C(Nc1cccc2c1C(=O)c1ccccc1C2=O)c1cccc(Cl)c1. The molecule has 0 heterocycles. The summed E-state index contributed by atoms with van der Waals surface area (Å²) in [5, 5.41) is 3.16. The molecule has 5 heteroatoms. The fraction of sp³-hybridized carbons (Fsp3) is 0. The van der Waals surface area contributed by atoms with Crippen LogP contribution in [0.1, 0.15) is 42.2 Å². The number of amides is 1. The number of fused-ring (bicyclic) bond motifs is 2. The normalized spacial score (nSPS) is 12.3. The Hall–Kier alpha value is -3.24. The third kappa shape index (κ3) is 2.61. The Morgan fingerprint density at radius 1 is 0.769 bits per heavy atom. The summed E-state index contributed by atoms with van der Waals surface area (Å²) >= 11 is 5.93. The largest absolute Gasteiger partial charge is 0.321 e. The Morgan fingerprint density at radius 3 is 2.15 bits per heavy atom. The molecule has 0 radical (unpaired) electrons. The molecule has 126 valence electrons. The van der Waals surface area contributed by atoms with Crippen LogP contribution in [0.2, 0.25) is 5.02 Å². The van der Waals surface area contributed by atoms with Crippen LogP contribution in [0.5, 0.6) is 0 Å². The van der Waals surface area contributed by atoms with Crippen LogP contribution in [-0.4, -0.2) is 17.5 Å². The van der Waals surface area contributed by atoms with Crippen LogP contribution in [0.3, 0.4) is 0 Å². The quantitative estimate of drug-likeness (QED) is 0.576. The summed E-state index contributed by atoms with van der Waals surface area (Å²) in [6.45, 7) is 0. The molecule has 0 unspecified atom stereocenters. The standard InChI is InChI=1S/C21H12ClNO3/c22-13-6-3-5-12(11-13)21(26)23-17-10-4-9-16-18(17)20(25)15-8-2-1-7-14(15)19(16)24/h1-11H,(H,23,26). The van der Waals surface area contributed by atoms with Crippen LogP contribution >= 0.6 is 11.6 Å². The highest BCUT2D eigenvalue weighted by atomic mass is 35.5. The maximum absolute atomic E-state index is 12.9. The molecule has 0 bridgehead atoms. The van der Waals surface area contributed by atoms with Crippen LogP contribution in [0.15, 0.2) is 66.7 Å². The number of halogens is 1. The summed E-state index contributed by atoms with van der Waals surface area (Å²) in [7, 11) is 0. The molecule has 4 nitrogen and oxygen atoms in total. The topological polar surface area (TPSA) is 63.2 Å². The molecule has 0 spiro atoms. The maximum atomic E-state index is 12.9. The zero-order chi connectivity index (χ0) is 18.3. The van der Waals surface area contributed by atoms with Gasteiger partial charge in [-0.05, 0) is 24.3 Å². The van der Waals surface area contributed by atoms with Crippen LogP contribution in [0, 0.1) is 0 Å². The lowest BCUT2D eigenvalue weighted by Crippen LogP contribution is -2.23. The van der Waals surface area contributed by atoms with Crippen molar-refractivity contribution in [3.8, 4) is 0 Å². The summed E-state index contributed by atoms with van der Waals surface area (Å²) in [6.07, 6.45) is 0. The summed E-state index contributed by atoms with van der Waals surface area (Å²) in [5.41, 5.74) is 1.90. The van der Waals surface area contributed by atoms with Gasteiger partial charge in [0, 0.05) is 27.3 Å². The van der Waals surface area contributed by atoms with Gasteiger partial charge in [-0.2, -0.15) is 0 Å². The lowest BCUT2D eigenvalue weighted by molar-refractivity contribution is 0.0978. The van der Waals surface area contributed by atoms with E-state index in [0.29, 0.717) is 27.4 Å². The molecule has 0 saturated heterocycles. The zero-order valence-electron chi connectivity index (χ0n) is 13.5. The number of anilines is 1. The minimum atomic E-state index is -0.403. The molecule has 0 aliphatic heterocycles. The summed E-state index contributed by atoms with van der Waals surface area (Å²) in [5.74, 6) is -0.911. The highest BCUT2D eigenvalue weighted by Gasteiger charge is 2.31. The average molecular weight is 362 g/mol. The van der Waals surface area contributed by atoms with Crippen molar-refractivity contribution in [2.45, 2.75) is 0 Å². The van der Waals surface area contributed by atoms with Gasteiger partial charge < -0.3 is 5.32 Å². The van der Waals surface area contributed by atoms with Gasteiger partial charge in [0.1, 0.15) is 0 Å². The monoisotopic (exact) mass is 361 g/mol. The summed E-state index contributed by atoms with van der Waals surface area (Å²) in [4.78, 5) is 38.2. The van der Waals surface area contributed by atoms with Crippen molar-refractivity contribution in [1.29, 1.82) is 0 Å². The van der Waals surface area contributed by atoms with Gasteiger partial charge in [0.2, 0.25) is 0 Å². The van der Waals surface area contributed by atoms with Crippen LogP contribution in [0.4, 0.5) is 5.69 Å². The van der Waals surface area contributed by atoms with Crippen molar-refractivity contribution in [2.75, 3.05) is 5.32 Å². The Bertz CT molecular complexity index is 1090. The number of hydrogen-bond acceptors (Lipinski definition) is 3. The molecule has 3 aromatic carbocycles. The van der Waals surface area contributed by atoms with Crippen molar-refractivity contribution in [3.05, 3.63) is 99.6 Å². The molecule has 1 aliphatic carbocycles. The number of ketones is 2. The average Bonchev–Trinajstić information content (AvgIpc) is 2.66. The molecule has 4 rings (SSSR count). The first-order chi connectivity index (χ1) is 12.6. The third-order valence-electron chi connectivity index (χ3n) is 4.29. The molecule has 0 aromatic heterocycles. The number of carbonyl (C=O) groups excluding carboxylic acids is 3. The first kappa shape index (κ1) is 16.2. The lowest BCUT2D eigenvalue weighted by Gasteiger charge is -2.20. The van der Waals surface area contributed by atoms with Crippen molar-refractivity contribution >= 4 is 34.8 Å². The van der Waals surface area contributed by atoms with Gasteiger partial charge in [-0.1, -0.05) is 54.1 Å². The van der Waals surface area contributed by atoms with E-state index in [2.05, 4.69) is 5.32 Å². The maximum Gasteiger partial charge on any atom is 0.255 e. The van der Waals surface area contributed by atoms with E-state index >= 15 is 0 Å². The van der Waals surface area contributed by atoms with Gasteiger partial charge in [0.15, 0.2) is 11.6 Å². The van der Waals surface area contributed by atoms with E-state index in [9.17, 15) is 14.4 Å². The van der Waals surface area contributed by atoms with E-state index in [1.807, 2.05) is 0 Å². The first-order valence-corrected chi connectivity index (χ1v) is 8.32. The molecule has 26 heavy (non-hydrogen) atoms. The van der Waals surface area contributed by atoms with Crippen molar-refractivity contribution < 1.29 is 14.4 Å². The molecule has 0 saturated carbocycles. The van der Waals surface area contributed by atoms with E-state index in [4.69, 9.17) is 11.6 Å². The van der Waals surface area contributed by atoms with Crippen LogP contribution < -0.4 is 5.32 Å². The molecule has 1 amide bonds. The molecule has 1 aliphatic rings. The minimum absolute atomic E-state index is 0.214. The van der Waals surface area contributed by atoms with Crippen molar-refractivity contribution in [3.63, 3.8) is 0 Å². The van der Waals surface area contributed by atoms with Gasteiger partial charge in [-0.15, -0.1) is 0 Å². The number of rotatable bonds is 2. The predicted octanol–water partition coefficient (Wildman–Crippen LogP) is 4.37. The smallest absolute Gasteiger partial charge is 0.255 e. The van der Waals surface area contributed by atoms with Gasteiger partial charge in [-0.3, -0.25) is 14.4 Å². The highest BCUT2D eigenvalue weighted by Crippen LogP contribution is 2.32.